The van der Waals surface area contributed by atoms with Crippen LogP contribution in [0.2, 0.25) is 0 Å². The van der Waals surface area contributed by atoms with Gasteiger partial charge in [0.2, 0.25) is 11.8 Å². The molecule has 4 heteroatoms. The van der Waals surface area contributed by atoms with Gasteiger partial charge in [0.15, 0.2) is 0 Å². The first-order chi connectivity index (χ1) is 5.27. The van der Waals surface area contributed by atoms with Gasteiger partial charge in [0.25, 0.3) is 0 Å². The van der Waals surface area contributed by atoms with E-state index in [2.05, 4.69) is 5.32 Å². The zero-order valence-electron chi connectivity index (χ0n) is 6.18. The van der Waals surface area contributed by atoms with E-state index in [0.29, 0.717) is 24.3 Å². The van der Waals surface area contributed by atoms with Gasteiger partial charge in [-0.2, -0.15) is 5.26 Å². The van der Waals surface area contributed by atoms with E-state index in [1.54, 1.807) is 0 Å². The Kier molecular flexibility index (Phi) is 2.12. The molecule has 1 heterocycles. The van der Waals surface area contributed by atoms with Gasteiger partial charge in [-0.3, -0.25) is 10.1 Å². The second kappa shape index (κ2) is 3.06. The molecule has 1 rings (SSSR count). The van der Waals surface area contributed by atoms with E-state index in [9.17, 15) is 4.79 Å². The molecule has 0 radical (unpaired) electrons. The van der Waals surface area contributed by atoms with Crippen molar-refractivity contribution in [1.82, 2.24) is 5.32 Å². The maximum atomic E-state index is 10.8. The van der Waals surface area contributed by atoms with Crippen molar-refractivity contribution < 1.29 is 9.53 Å². The van der Waals surface area contributed by atoms with Crippen molar-refractivity contribution in [2.24, 2.45) is 0 Å². The highest BCUT2D eigenvalue weighted by Gasteiger charge is 2.17. The van der Waals surface area contributed by atoms with Crippen LogP contribution in [0.5, 0.6) is 0 Å². The molecule has 0 bridgehead atoms. The number of nitrogens with one attached hydrogen (secondary N) is 1. The molecule has 0 aromatic carbocycles. The van der Waals surface area contributed by atoms with E-state index in [4.69, 9.17) is 10.00 Å². The van der Waals surface area contributed by atoms with E-state index in [1.165, 1.54) is 7.11 Å². The first-order valence-corrected chi connectivity index (χ1v) is 3.25. The average Bonchev–Trinajstić information content (AvgIpc) is 2.04. The zero-order chi connectivity index (χ0) is 8.27. The van der Waals surface area contributed by atoms with Gasteiger partial charge in [-0.25, -0.2) is 0 Å². The highest BCUT2D eigenvalue weighted by Crippen LogP contribution is 2.13. The number of hydrogen-bond acceptors (Lipinski definition) is 3. The summed E-state index contributed by atoms with van der Waals surface area (Å²) in [6, 6.07) is 1.97. The monoisotopic (exact) mass is 152 g/mol. The fourth-order valence-electron chi connectivity index (χ4n) is 0.898. The zero-order valence-corrected chi connectivity index (χ0v) is 6.18. The molecule has 58 valence electrons. The Labute approximate surface area is 64.5 Å². The number of nitrogens with zero attached hydrogens (tertiary/aromatic N) is 1. The lowest BCUT2D eigenvalue weighted by Gasteiger charge is -2.14. The SMILES string of the molecule is COC1=C(C#N)CCC(=O)N1. The normalized spacial score (nSPS) is 17.3. The molecule has 0 spiro atoms. The summed E-state index contributed by atoms with van der Waals surface area (Å²) in [7, 11) is 1.43. The number of ether oxygens (including phenoxy) is 1. The van der Waals surface area contributed by atoms with Crippen molar-refractivity contribution in [2.75, 3.05) is 7.11 Å². The fraction of sp³-hybridized carbons (Fsp3) is 0.429. The van der Waals surface area contributed by atoms with Gasteiger partial charge < -0.3 is 4.74 Å². The third-order valence-electron chi connectivity index (χ3n) is 1.47. The van der Waals surface area contributed by atoms with Crippen LogP contribution in [-0.4, -0.2) is 13.0 Å². The molecule has 1 N–H and O–H groups in total. The minimum atomic E-state index is -0.0964. The van der Waals surface area contributed by atoms with Crippen LogP contribution in [0.3, 0.4) is 0 Å². The van der Waals surface area contributed by atoms with Crippen LogP contribution in [0.15, 0.2) is 11.5 Å². The third kappa shape index (κ3) is 1.49. The minimum Gasteiger partial charge on any atom is -0.482 e. The Hall–Kier alpha value is -1.50. The van der Waals surface area contributed by atoms with Crippen LogP contribution >= 0.6 is 0 Å². The summed E-state index contributed by atoms with van der Waals surface area (Å²) in [5.74, 6) is 0.199. The molecular weight excluding hydrogens is 144 g/mol. The van der Waals surface area contributed by atoms with Gasteiger partial charge >= 0.3 is 0 Å². The minimum absolute atomic E-state index is 0.0964. The largest absolute Gasteiger partial charge is 0.482 e. The number of methoxy groups -OCH3 is 1. The quantitative estimate of drug-likeness (QED) is 0.587. The number of carbonyl (C=O) groups is 1. The lowest BCUT2D eigenvalue weighted by Crippen LogP contribution is -2.28. The molecule has 1 aliphatic heterocycles. The average molecular weight is 152 g/mol. The molecule has 1 aliphatic rings. The molecule has 0 unspecified atom stereocenters. The van der Waals surface area contributed by atoms with Gasteiger partial charge in [-0.1, -0.05) is 0 Å². The molecule has 0 atom stereocenters. The standard InChI is InChI=1S/C7H8N2O2/c1-11-7-5(4-8)2-3-6(10)9-7/h2-3H2,1H3,(H,9,10). The molecule has 0 aromatic rings. The van der Waals surface area contributed by atoms with Crippen LogP contribution < -0.4 is 5.32 Å². The van der Waals surface area contributed by atoms with Crippen LogP contribution in [0.25, 0.3) is 0 Å². The van der Waals surface area contributed by atoms with Gasteiger partial charge in [0.05, 0.1) is 12.7 Å². The fourth-order valence-corrected chi connectivity index (χ4v) is 0.898. The van der Waals surface area contributed by atoms with E-state index < -0.39 is 0 Å². The summed E-state index contributed by atoms with van der Waals surface area (Å²) in [6.07, 6.45) is 0.848. The number of carbonyl (C=O) groups excluding carboxylic acids is 1. The topological polar surface area (TPSA) is 62.1 Å². The van der Waals surface area contributed by atoms with Crippen molar-refractivity contribution in [3.05, 3.63) is 11.5 Å². The van der Waals surface area contributed by atoms with Gasteiger partial charge in [-0.15, -0.1) is 0 Å². The van der Waals surface area contributed by atoms with E-state index in [1.807, 2.05) is 6.07 Å². The number of hydrogen-bond donors (Lipinski definition) is 1. The van der Waals surface area contributed by atoms with E-state index in [-0.39, 0.29) is 5.91 Å². The maximum Gasteiger partial charge on any atom is 0.227 e. The summed E-state index contributed by atoms with van der Waals surface area (Å²) in [5.41, 5.74) is 0.507. The van der Waals surface area contributed by atoms with Crippen molar-refractivity contribution in [3.63, 3.8) is 0 Å². The molecule has 0 aromatic heterocycles. The Bertz CT molecular complexity index is 250. The Morgan fingerprint density at radius 3 is 2.91 bits per heavy atom. The molecule has 0 saturated carbocycles. The molecule has 0 fully saturated rings. The Balaban J connectivity index is 2.85. The van der Waals surface area contributed by atoms with Gasteiger partial charge in [0, 0.05) is 6.42 Å². The van der Waals surface area contributed by atoms with Crippen molar-refractivity contribution >= 4 is 5.91 Å². The highest BCUT2D eigenvalue weighted by atomic mass is 16.5. The number of nitriles is 1. The number of amides is 1. The Morgan fingerprint density at radius 2 is 2.36 bits per heavy atom. The Morgan fingerprint density at radius 1 is 1.64 bits per heavy atom. The molecular formula is C7H8N2O2. The highest BCUT2D eigenvalue weighted by molar-refractivity contribution is 5.79. The lowest BCUT2D eigenvalue weighted by molar-refractivity contribution is -0.121. The smallest absolute Gasteiger partial charge is 0.227 e. The van der Waals surface area contributed by atoms with E-state index in [0.717, 1.165) is 0 Å². The second-order valence-electron chi connectivity index (χ2n) is 2.17. The molecule has 11 heavy (non-hydrogen) atoms. The summed E-state index contributed by atoms with van der Waals surface area (Å²) in [5, 5.41) is 11.0. The number of allylic oxidation sites excluding steroid dienone is 1. The lowest BCUT2D eigenvalue weighted by atomic mass is 10.1. The van der Waals surface area contributed by atoms with Crippen LogP contribution in [0, 0.1) is 11.3 Å². The van der Waals surface area contributed by atoms with Crippen molar-refractivity contribution in [3.8, 4) is 6.07 Å². The van der Waals surface area contributed by atoms with Crippen molar-refractivity contribution in [2.45, 2.75) is 12.8 Å². The molecule has 0 saturated heterocycles. The molecule has 0 aliphatic carbocycles. The van der Waals surface area contributed by atoms with Crippen LogP contribution in [0.1, 0.15) is 12.8 Å². The van der Waals surface area contributed by atoms with Crippen LogP contribution in [0.4, 0.5) is 0 Å². The second-order valence-corrected chi connectivity index (χ2v) is 2.17. The summed E-state index contributed by atoms with van der Waals surface area (Å²) in [4.78, 5) is 10.8. The predicted molar refractivity (Wildman–Crippen MR) is 37.0 cm³/mol. The number of rotatable bonds is 1. The van der Waals surface area contributed by atoms with E-state index >= 15 is 0 Å². The van der Waals surface area contributed by atoms with Crippen molar-refractivity contribution in [1.29, 1.82) is 5.26 Å². The third-order valence-corrected chi connectivity index (χ3v) is 1.47. The van der Waals surface area contributed by atoms with Gasteiger partial charge in [0.1, 0.15) is 6.07 Å². The first-order valence-electron chi connectivity index (χ1n) is 3.25. The molecule has 1 amide bonds. The van der Waals surface area contributed by atoms with Gasteiger partial charge in [-0.05, 0) is 6.42 Å². The van der Waals surface area contributed by atoms with Crippen LogP contribution in [-0.2, 0) is 9.53 Å². The summed E-state index contributed by atoms with van der Waals surface area (Å²) in [6.45, 7) is 0. The maximum absolute atomic E-state index is 10.8. The first kappa shape index (κ1) is 7.61. The summed E-state index contributed by atoms with van der Waals surface area (Å²) < 4.78 is 4.79. The molecule has 4 nitrogen and oxygen atoms in total. The predicted octanol–water partition coefficient (Wildman–Crippen LogP) is 0.278. The summed E-state index contributed by atoms with van der Waals surface area (Å²) >= 11 is 0.